The number of ketones is 1. The number of ether oxygens (including phenoxy) is 2. The van der Waals surface area contributed by atoms with Crippen LogP contribution in [0.2, 0.25) is 0 Å². The maximum absolute atomic E-state index is 12.3. The maximum Gasteiger partial charge on any atom is 0.411 e. The summed E-state index contributed by atoms with van der Waals surface area (Å²) in [4.78, 5) is 37.5. The first-order valence-electron chi connectivity index (χ1n) is 6.86. The van der Waals surface area contributed by atoms with E-state index in [2.05, 4.69) is 0 Å². The van der Waals surface area contributed by atoms with Crippen molar-refractivity contribution in [2.75, 3.05) is 7.11 Å². The summed E-state index contributed by atoms with van der Waals surface area (Å²) in [5.74, 6) is -0.789. The van der Waals surface area contributed by atoms with Crippen LogP contribution in [0.3, 0.4) is 0 Å². The topological polar surface area (TPSA) is 72.9 Å². The molecule has 2 aliphatic rings. The summed E-state index contributed by atoms with van der Waals surface area (Å²) in [6, 6.07) is -0.840. The summed E-state index contributed by atoms with van der Waals surface area (Å²) in [5.41, 5.74) is -0.627. The lowest BCUT2D eigenvalue weighted by atomic mass is 9.98. The molecule has 0 aromatic heterocycles. The molecule has 0 radical (unpaired) electrons. The second-order valence-electron chi connectivity index (χ2n) is 6.34. The molecule has 0 unspecified atom stereocenters. The fraction of sp³-hybridized carbons (Fsp3) is 0.786. The molecule has 6 nitrogen and oxygen atoms in total. The highest BCUT2D eigenvalue weighted by molar-refractivity contribution is 5.91. The lowest BCUT2D eigenvalue weighted by Gasteiger charge is -2.35. The molecule has 2 heterocycles. The summed E-state index contributed by atoms with van der Waals surface area (Å²) in [6.45, 7) is 5.32. The number of methoxy groups -OCH3 is 1. The fourth-order valence-electron chi connectivity index (χ4n) is 3.00. The Bertz CT molecular complexity index is 439. The van der Waals surface area contributed by atoms with E-state index in [0.717, 1.165) is 0 Å². The molecule has 1 amide bonds. The molecular weight excluding hydrogens is 262 g/mol. The Morgan fingerprint density at radius 2 is 1.95 bits per heavy atom. The molecule has 0 spiro atoms. The zero-order valence-electron chi connectivity index (χ0n) is 12.3. The number of rotatable bonds is 1. The van der Waals surface area contributed by atoms with Crippen LogP contribution < -0.4 is 0 Å². The Hall–Kier alpha value is -1.59. The number of Topliss-reactive ketones (excluding diaryl/α,β-unsaturated/α-hetero) is 1. The summed E-state index contributed by atoms with van der Waals surface area (Å²) < 4.78 is 10.1. The molecule has 2 fully saturated rings. The van der Waals surface area contributed by atoms with Gasteiger partial charge in [-0.1, -0.05) is 0 Å². The number of esters is 1. The molecule has 0 N–H and O–H groups in total. The smallest absolute Gasteiger partial charge is 0.411 e. The van der Waals surface area contributed by atoms with Gasteiger partial charge in [0.25, 0.3) is 0 Å². The second-order valence-corrected chi connectivity index (χ2v) is 6.34. The minimum absolute atomic E-state index is 0.00138. The third kappa shape index (κ3) is 2.64. The second kappa shape index (κ2) is 5.07. The van der Waals surface area contributed by atoms with Crippen LogP contribution in [-0.2, 0) is 19.1 Å². The first-order chi connectivity index (χ1) is 9.24. The monoisotopic (exact) mass is 283 g/mol. The van der Waals surface area contributed by atoms with Crippen LogP contribution in [0.25, 0.3) is 0 Å². The largest absolute Gasteiger partial charge is 0.469 e. The number of hydrogen-bond acceptors (Lipinski definition) is 5. The number of piperidine rings is 1. The van der Waals surface area contributed by atoms with Gasteiger partial charge >= 0.3 is 12.1 Å². The summed E-state index contributed by atoms with van der Waals surface area (Å²) >= 11 is 0. The van der Waals surface area contributed by atoms with E-state index in [1.807, 2.05) is 0 Å². The van der Waals surface area contributed by atoms with Crippen LogP contribution in [0.1, 0.15) is 40.0 Å². The standard InChI is InChI=1S/C14H21NO5/c1-14(2,3)20-13(18)15-9-5-6-11(16)10(15)7-8(9)12(17)19-4/h8-10H,5-7H2,1-4H3/t8-,9-,10+/m1/s1. The molecule has 112 valence electrons. The van der Waals surface area contributed by atoms with E-state index in [1.54, 1.807) is 20.8 Å². The summed E-state index contributed by atoms with van der Waals surface area (Å²) in [7, 11) is 1.32. The van der Waals surface area contributed by atoms with Gasteiger partial charge in [0.1, 0.15) is 5.60 Å². The number of fused-ring (bicyclic) bond motifs is 2. The third-order valence-electron chi connectivity index (χ3n) is 3.80. The Morgan fingerprint density at radius 3 is 2.50 bits per heavy atom. The highest BCUT2D eigenvalue weighted by Gasteiger charge is 2.53. The van der Waals surface area contributed by atoms with E-state index in [-0.39, 0.29) is 17.8 Å². The van der Waals surface area contributed by atoms with E-state index in [0.29, 0.717) is 19.3 Å². The van der Waals surface area contributed by atoms with Crippen molar-refractivity contribution in [2.45, 2.75) is 57.7 Å². The van der Waals surface area contributed by atoms with Gasteiger partial charge in [0.2, 0.25) is 0 Å². The number of carbonyl (C=O) groups excluding carboxylic acids is 3. The van der Waals surface area contributed by atoms with Crippen LogP contribution >= 0.6 is 0 Å². The molecule has 0 saturated carbocycles. The van der Waals surface area contributed by atoms with E-state index in [1.165, 1.54) is 12.0 Å². The van der Waals surface area contributed by atoms with Gasteiger partial charge in [-0.2, -0.15) is 0 Å². The van der Waals surface area contributed by atoms with Gasteiger partial charge in [-0.25, -0.2) is 4.79 Å². The van der Waals surface area contributed by atoms with Crippen molar-refractivity contribution < 1.29 is 23.9 Å². The number of amides is 1. The normalized spacial score (nSPS) is 29.3. The highest BCUT2D eigenvalue weighted by Crippen LogP contribution is 2.39. The van der Waals surface area contributed by atoms with Crippen molar-refractivity contribution >= 4 is 17.8 Å². The minimum Gasteiger partial charge on any atom is -0.469 e. The van der Waals surface area contributed by atoms with Crippen molar-refractivity contribution in [2.24, 2.45) is 5.92 Å². The van der Waals surface area contributed by atoms with Gasteiger partial charge < -0.3 is 9.47 Å². The SMILES string of the molecule is COC(=O)[C@@H]1C[C@H]2C(=O)CC[C@H]1N2C(=O)OC(C)(C)C. The maximum atomic E-state index is 12.3. The van der Waals surface area contributed by atoms with Crippen LogP contribution in [0, 0.1) is 5.92 Å². The van der Waals surface area contributed by atoms with E-state index in [4.69, 9.17) is 9.47 Å². The predicted octanol–water partition coefficient (Wildman–Crippen LogP) is 1.52. The van der Waals surface area contributed by atoms with Crippen molar-refractivity contribution in [1.82, 2.24) is 4.90 Å². The van der Waals surface area contributed by atoms with Gasteiger partial charge in [-0.05, 0) is 33.6 Å². The first kappa shape index (κ1) is 14.8. The lowest BCUT2D eigenvalue weighted by molar-refractivity contribution is -0.146. The number of carbonyl (C=O) groups is 3. The van der Waals surface area contributed by atoms with E-state index >= 15 is 0 Å². The number of nitrogens with zero attached hydrogens (tertiary/aromatic N) is 1. The first-order valence-corrected chi connectivity index (χ1v) is 6.86. The Morgan fingerprint density at radius 1 is 1.30 bits per heavy atom. The fourth-order valence-corrected chi connectivity index (χ4v) is 3.00. The Labute approximate surface area is 118 Å². The zero-order chi connectivity index (χ0) is 15.1. The van der Waals surface area contributed by atoms with E-state index < -0.39 is 23.7 Å². The molecule has 2 bridgehead atoms. The minimum atomic E-state index is -0.627. The molecule has 20 heavy (non-hydrogen) atoms. The molecule has 2 saturated heterocycles. The molecule has 2 rings (SSSR count). The van der Waals surface area contributed by atoms with Gasteiger partial charge in [-0.15, -0.1) is 0 Å². The molecular formula is C14H21NO5. The summed E-state index contributed by atoms with van der Waals surface area (Å²) in [5, 5.41) is 0. The van der Waals surface area contributed by atoms with Crippen LogP contribution in [0.15, 0.2) is 0 Å². The molecule has 3 atom stereocenters. The predicted molar refractivity (Wildman–Crippen MR) is 70.0 cm³/mol. The molecule has 0 aromatic rings. The van der Waals surface area contributed by atoms with Crippen molar-refractivity contribution in [3.8, 4) is 0 Å². The molecule has 0 aliphatic carbocycles. The number of hydrogen-bond donors (Lipinski definition) is 0. The summed E-state index contributed by atoms with van der Waals surface area (Å²) in [6.07, 6.45) is 0.721. The Kier molecular flexibility index (Phi) is 3.75. The molecule has 6 heteroatoms. The molecule has 0 aromatic carbocycles. The van der Waals surface area contributed by atoms with Gasteiger partial charge in [0.05, 0.1) is 19.1 Å². The van der Waals surface area contributed by atoms with Gasteiger partial charge in [0, 0.05) is 12.5 Å². The zero-order valence-corrected chi connectivity index (χ0v) is 12.3. The van der Waals surface area contributed by atoms with Gasteiger partial charge in [-0.3, -0.25) is 14.5 Å². The van der Waals surface area contributed by atoms with E-state index in [9.17, 15) is 14.4 Å². The van der Waals surface area contributed by atoms with Crippen molar-refractivity contribution in [1.29, 1.82) is 0 Å². The van der Waals surface area contributed by atoms with Gasteiger partial charge in [0.15, 0.2) is 5.78 Å². The third-order valence-corrected chi connectivity index (χ3v) is 3.80. The average molecular weight is 283 g/mol. The Balaban J connectivity index is 2.22. The van der Waals surface area contributed by atoms with Crippen LogP contribution in [0.4, 0.5) is 4.79 Å². The quantitative estimate of drug-likeness (QED) is 0.682. The highest BCUT2D eigenvalue weighted by atomic mass is 16.6. The average Bonchev–Trinajstić information content (AvgIpc) is 2.64. The van der Waals surface area contributed by atoms with Crippen LogP contribution in [0.5, 0.6) is 0 Å². The lowest BCUT2D eigenvalue weighted by Crippen LogP contribution is -2.51. The molecule has 2 aliphatic heterocycles. The van der Waals surface area contributed by atoms with Crippen LogP contribution in [-0.4, -0.2) is 47.5 Å². The van der Waals surface area contributed by atoms with Crippen molar-refractivity contribution in [3.05, 3.63) is 0 Å². The van der Waals surface area contributed by atoms with Crippen molar-refractivity contribution in [3.63, 3.8) is 0 Å².